The number of hydrogen-bond acceptors (Lipinski definition) is 2. The van der Waals surface area contributed by atoms with Crippen LogP contribution in [0.2, 0.25) is 5.02 Å². The lowest BCUT2D eigenvalue weighted by molar-refractivity contribution is 0.0998. The molecule has 3 aromatic rings. The van der Waals surface area contributed by atoms with E-state index in [0.29, 0.717) is 26.6 Å². The molecule has 0 fully saturated rings. The summed E-state index contributed by atoms with van der Waals surface area (Å²) >= 11 is 6.97. The SMILES string of the molecule is CCCn1c(=NC(=O)c2cccc(Cl)c2)sc2cc(F)cc(F)c21. The van der Waals surface area contributed by atoms with Crippen LogP contribution in [0.3, 0.4) is 0 Å². The number of benzene rings is 2. The van der Waals surface area contributed by atoms with E-state index in [1.807, 2.05) is 6.92 Å². The highest BCUT2D eigenvalue weighted by Gasteiger charge is 2.14. The lowest BCUT2D eigenvalue weighted by atomic mass is 10.2. The number of amides is 1. The normalized spacial score (nSPS) is 12.1. The molecular formula is C17H13ClF2N2OS. The molecule has 0 radical (unpaired) electrons. The molecular weight excluding hydrogens is 354 g/mol. The predicted molar refractivity (Wildman–Crippen MR) is 91.4 cm³/mol. The van der Waals surface area contributed by atoms with Crippen molar-refractivity contribution in [2.45, 2.75) is 19.9 Å². The minimum Gasteiger partial charge on any atom is -0.314 e. The molecule has 0 atom stereocenters. The van der Waals surface area contributed by atoms with Crippen molar-refractivity contribution in [1.29, 1.82) is 0 Å². The van der Waals surface area contributed by atoms with Gasteiger partial charge in [-0.15, -0.1) is 0 Å². The lowest BCUT2D eigenvalue weighted by Crippen LogP contribution is -2.17. The maximum atomic E-state index is 14.2. The standard InChI is InChI=1S/C17H13ClF2N2OS/c1-2-6-22-15-13(20)8-12(19)9-14(15)24-17(22)21-16(23)10-4-3-5-11(18)7-10/h3-5,7-9H,2,6H2,1H3. The van der Waals surface area contributed by atoms with Crippen LogP contribution in [0.5, 0.6) is 0 Å². The zero-order valence-electron chi connectivity index (χ0n) is 12.7. The Kier molecular flexibility index (Phi) is 4.78. The average molecular weight is 367 g/mol. The number of fused-ring (bicyclic) bond motifs is 1. The Hall–Kier alpha value is -2.05. The van der Waals surface area contributed by atoms with Crippen molar-refractivity contribution in [3.8, 4) is 0 Å². The first-order valence-corrected chi connectivity index (χ1v) is 8.52. The second-order valence-electron chi connectivity index (χ2n) is 5.20. The van der Waals surface area contributed by atoms with Crippen molar-refractivity contribution < 1.29 is 13.6 Å². The second-order valence-corrected chi connectivity index (χ2v) is 6.64. The van der Waals surface area contributed by atoms with E-state index in [1.54, 1.807) is 22.8 Å². The summed E-state index contributed by atoms with van der Waals surface area (Å²) in [4.78, 5) is 16.8. The Bertz CT molecular complexity index is 994. The molecule has 0 unspecified atom stereocenters. The maximum Gasteiger partial charge on any atom is 0.279 e. The fourth-order valence-corrected chi connectivity index (χ4v) is 3.70. The van der Waals surface area contributed by atoms with E-state index in [0.717, 1.165) is 23.8 Å². The molecule has 7 heteroatoms. The number of carbonyl (C=O) groups is 1. The summed E-state index contributed by atoms with van der Waals surface area (Å²) in [6.07, 6.45) is 0.723. The van der Waals surface area contributed by atoms with Gasteiger partial charge in [0.15, 0.2) is 10.6 Å². The number of hydrogen-bond donors (Lipinski definition) is 0. The summed E-state index contributed by atoms with van der Waals surface area (Å²) in [7, 11) is 0. The molecule has 2 aromatic carbocycles. The molecule has 0 aliphatic heterocycles. The van der Waals surface area contributed by atoms with Crippen molar-refractivity contribution in [3.63, 3.8) is 0 Å². The molecule has 0 N–H and O–H groups in total. The number of rotatable bonds is 3. The highest BCUT2D eigenvalue weighted by atomic mass is 35.5. The van der Waals surface area contributed by atoms with Crippen LogP contribution in [0.4, 0.5) is 8.78 Å². The number of aryl methyl sites for hydroxylation is 1. The van der Waals surface area contributed by atoms with Gasteiger partial charge in [-0.05, 0) is 30.7 Å². The molecule has 0 bridgehead atoms. The van der Waals surface area contributed by atoms with Gasteiger partial charge in [-0.1, -0.05) is 35.9 Å². The van der Waals surface area contributed by atoms with Crippen LogP contribution in [0.25, 0.3) is 10.2 Å². The van der Waals surface area contributed by atoms with Gasteiger partial charge in [0.2, 0.25) is 0 Å². The first kappa shape index (κ1) is 16.8. The van der Waals surface area contributed by atoms with Crippen LogP contribution in [0.1, 0.15) is 23.7 Å². The highest BCUT2D eigenvalue weighted by molar-refractivity contribution is 7.16. The highest BCUT2D eigenvalue weighted by Crippen LogP contribution is 2.22. The fraction of sp³-hybridized carbons (Fsp3) is 0.176. The lowest BCUT2D eigenvalue weighted by Gasteiger charge is -2.03. The molecule has 0 saturated carbocycles. The number of nitrogens with zero attached hydrogens (tertiary/aromatic N) is 2. The zero-order valence-corrected chi connectivity index (χ0v) is 14.3. The van der Waals surface area contributed by atoms with Gasteiger partial charge in [-0.2, -0.15) is 4.99 Å². The summed E-state index contributed by atoms with van der Waals surface area (Å²) in [6.45, 7) is 2.41. The van der Waals surface area contributed by atoms with Crippen LogP contribution in [-0.4, -0.2) is 10.5 Å². The predicted octanol–water partition coefficient (Wildman–Crippen LogP) is 4.79. The zero-order chi connectivity index (χ0) is 17.3. The molecule has 124 valence electrons. The molecule has 1 aromatic heterocycles. The first-order valence-electron chi connectivity index (χ1n) is 7.32. The molecule has 1 amide bonds. The average Bonchev–Trinajstić information content (AvgIpc) is 2.85. The fourth-order valence-electron chi connectivity index (χ4n) is 2.42. The largest absolute Gasteiger partial charge is 0.314 e. The molecule has 24 heavy (non-hydrogen) atoms. The Labute approximate surface area is 145 Å². The molecule has 0 aliphatic carbocycles. The van der Waals surface area contributed by atoms with Crippen LogP contribution >= 0.6 is 22.9 Å². The summed E-state index contributed by atoms with van der Waals surface area (Å²) in [6, 6.07) is 8.53. The van der Waals surface area contributed by atoms with Crippen molar-refractivity contribution >= 4 is 39.1 Å². The minimum absolute atomic E-state index is 0.265. The summed E-state index contributed by atoms with van der Waals surface area (Å²) in [5, 5.41) is 0.432. The molecule has 1 heterocycles. The van der Waals surface area contributed by atoms with E-state index < -0.39 is 17.5 Å². The number of aromatic nitrogens is 1. The molecule has 0 aliphatic rings. The smallest absolute Gasteiger partial charge is 0.279 e. The van der Waals surface area contributed by atoms with Gasteiger partial charge in [0, 0.05) is 23.2 Å². The second kappa shape index (κ2) is 6.83. The first-order chi connectivity index (χ1) is 11.5. The third kappa shape index (κ3) is 3.25. The van der Waals surface area contributed by atoms with E-state index in [4.69, 9.17) is 11.6 Å². The van der Waals surface area contributed by atoms with Crippen molar-refractivity contribution in [1.82, 2.24) is 4.57 Å². The van der Waals surface area contributed by atoms with Gasteiger partial charge in [-0.25, -0.2) is 8.78 Å². The van der Waals surface area contributed by atoms with E-state index in [-0.39, 0.29) is 5.52 Å². The Morgan fingerprint density at radius 2 is 2.08 bits per heavy atom. The Morgan fingerprint density at radius 3 is 2.79 bits per heavy atom. The monoisotopic (exact) mass is 366 g/mol. The molecule has 0 saturated heterocycles. The quantitative estimate of drug-likeness (QED) is 0.656. The van der Waals surface area contributed by atoms with Gasteiger partial charge >= 0.3 is 0 Å². The van der Waals surface area contributed by atoms with E-state index in [9.17, 15) is 13.6 Å². The van der Waals surface area contributed by atoms with Crippen molar-refractivity contribution in [2.24, 2.45) is 4.99 Å². The third-order valence-electron chi connectivity index (χ3n) is 3.41. The van der Waals surface area contributed by atoms with E-state index in [2.05, 4.69) is 4.99 Å². The van der Waals surface area contributed by atoms with Gasteiger partial charge in [0.05, 0.1) is 10.2 Å². The number of thiazole rings is 1. The van der Waals surface area contributed by atoms with Crippen LogP contribution in [-0.2, 0) is 6.54 Å². The van der Waals surface area contributed by atoms with Crippen molar-refractivity contribution in [3.05, 3.63) is 63.4 Å². The number of carbonyl (C=O) groups excluding carboxylic acids is 1. The molecule has 3 nitrogen and oxygen atoms in total. The minimum atomic E-state index is -0.661. The Balaban J connectivity index is 2.19. The maximum absolute atomic E-state index is 14.2. The van der Waals surface area contributed by atoms with Gasteiger partial charge in [0.1, 0.15) is 5.82 Å². The topological polar surface area (TPSA) is 34.4 Å². The van der Waals surface area contributed by atoms with Gasteiger partial charge in [-0.3, -0.25) is 4.79 Å². The molecule has 0 spiro atoms. The van der Waals surface area contributed by atoms with Gasteiger partial charge in [0.25, 0.3) is 5.91 Å². The van der Waals surface area contributed by atoms with Crippen LogP contribution < -0.4 is 4.80 Å². The van der Waals surface area contributed by atoms with Gasteiger partial charge < -0.3 is 4.57 Å². The Morgan fingerprint density at radius 1 is 1.29 bits per heavy atom. The number of halogens is 3. The summed E-state index contributed by atoms with van der Waals surface area (Å²) < 4.78 is 29.6. The van der Waals surface area contributed by atoms with Crippen LogP contribution in [0.15, 0.2) is 41.4 Å². The molecule has 3 rings (SSSR count). The van der Waals surface area contributed by atoms with Crippen molar-refractivity contribution in [2.75, 3.05) is 0 Å². The summed E-state index contributed by atoms with van der Waals surface area (Å²) in [5.41, 5.74) is 0.607. The van der Waals surface area contributed by atoms with E-state index >= 15 is 0 Å². The third-order valence-corrected chi connectivity index (χ3v) is 4.67. The van der Waals surface area contributed by atoms with E-state index in [1.165, 1.54) is 12.1 Å². The van der Waals surface area contributed by atoms with Crippen LogP contribution in [0, 0.1) is 11.6 Å². The summed E-state index contributed by atoms with van der Waals surface area (Å²) in [5.74, 6) is -1.79.